The Balaban J connectivity index is 0.000000470. The Bertz CT molecular complexity index is 2840. The first-order valence-corrected chi connectivity index (χ1v) is 30.9. The zero-order valence-electron chi connectivity index (χ0n) is 52.0. The van der Waals surface area contributed by atoms with Gasteiger partial charge < -0.3 is 38.6 Å². The SMILES string of the molecule is COc1cc(C)cc(OC)c1C.COc1cccc(OC)c1C.COc1ccccc1C.CSc1cccc(SC)c1C.CSc1ccccc1C.Cc1c(O)cccc1O.Cc1c(S)cccc1S.Cc1ccccc1OC(C)(C)C. The number of thioether (sulfide) groups is 3. The lowest BCUT2D eigenvalue weighted by Gasteiger charge is -2.22. The average Bonchev–Trinajstić information content (AvgIpc) is 3.46. The second-order valence-corrected chi connectivity index (χ2v) is 22.6. The van der Waals surface area contributed by atoms with Crippen LogP contribution in [0.3, 0.4) is 0 Å². The van der Waals surface area contributed by atoms with Crippen molar-refractivity contribution in [1.29, 1.82) is 0 Å². The molecular formula is C69H90O8S5. The maximum Gasteiger partial charge on any atom is 0.125 e. The molecule has 0 bridgehead atoms. The second-order valence-electron chi connectivity index (χ2n) is 19.1. The molecule has 0 atom stereocenters. The predicted molar refractivity (Wildman–Crippen MR) is 360 cm³/mol. The summed E-state index contributed by atoms with van der Waals surface area (Å²) in [6.45, 7) is 24.2. The lowest BCUT2D eigenvalue weighted by atomic mass is 10.1. The highest BCUT2D eigenvalue weighted by atomic mass is 32.2. The van der Waals surface area contributed by atoms with Crippen LogP contribution >= 0.6 is 60.5 Å². The minimum absolute atomic E-state index is 0.105. The molecule has 0 spiro atoms. The molecular weight excluding hydrogens is 1120 g/mol. The number of methoxy groups -OCH3 is 5. The summed E-state index contributed by atoms with van der Waals surface area (Å²) in [5, 5.41) is 17.9. The number of benzene rings is 8. The van der Waals surface area contributed by atoms with E-state index in [1.807, 2.05) is 149 Å². The third-order valence-corrected chi connectivity index (χ3v) is 15.6. The van der Waals surface area contributed by atoms with Crippen molar-refractivity contribution in [2.24, 2.45) is 0 Å². The van der Waals surface area contributed by atoms with Crippen LogP contribution in [0.5, 0.6) is 46.0 Å². The minimum atomic E-state index is -0.105. The summed E-state index contributed by atoms with van der Waals surface area (Å²) in [6.07, 6.45) is 6.33. The van der Waals surface area contributed by atoms with E-state index in [-0.39, 0.29) is 17.1 Å². The van der Waals surface area contributed by atoms with E-state index in [0.717, 1.165) is 66.5 Å². The summed E-state index contributed by atoms with van der Waals surface area (Å²) in [5.74, 6) is 5.69. The van der Waals surface area contributed by atoms with Crippen molar-refractivity contribution < 1.29 is 38.6 Å². The van der Waals surface area contributed by atoms with E-state index >= 15 is 0 Å². The zero-order valence-corrected chi connectivity index (χ0v) is 56.2. The first-order chi connectivity index (χ1) is 38.9. The largest absolute Gasteiger partial charge is 0.508 e. The van der Waals surface area contributed by atoms with Gasteiger partial charge in [-0.1, -0.05) is 78.9 Å². The van der Waals surface area contributed by atoms with Gasteiger partial charge in [0.1, 0.15) is 51.6 Å². The first kappa shape index (κ1) is 73.9. The van der Waals surface area contributed by atoms with Crippen molar-refractivity contribution in [3.05, 3.63) is 208 Å². The fourth-order valence-corrected chi connectivity index (χ4v) is 9.52. The summed E-state index contributed by atoms with van der Waals surface area (Å²) < 4.78 is 31.4. The molecule has 8 aromatic carbocycles. The van der Waals surface area contributed by atoms with Crippen LogP contribution in [0.1, 0.15) is 70.8 Å². The Morgan fingerprint density at radius 1 is 0.341 bits per heavy atom. The quantitative estimate of drug-likeness (QED) is 0.0822. The zero-order chi connectivity index (χ0) is 62.0. The van der Waals surface area contributed by atoms with E-state index in [9.17, 15) is 0 Å². The Hall–Kier alpha value is -6.09. The molecule has 82 heavy (non-hydrogen) atoms. The molecule has 0 amide bonds. The third kappa shape index (κ3) is 27.3. The maximum atomic E-state index is 8.94. The van der Waals surface area contributed by atoms with Gasteiger partial charge in [0.2, 0.25) is 0 Å². The molecule has 8 aromatic rings. The molecule has 0 aromatic heterocycles. The van der Waals surface area contributed by atoms with E-state index < -0.39 is 0 Å². The summed E-state index contributed by atoms with van der Waals surface area (Å²) in [4.78, 5) is 6.15. The van der Waals surface area contributed by atoms with Crippen molar-refractivity contribution >= 4 is 60.5 Å². The van der Waals surface area contributed by atoms with Gasteiger partial charge in [0.25, 0.3) is 0 Å². The van der Waals surface area contributed by atoms with E-state index in [0.29, 0.717) is 5.56 Å². The van der Waals surface area contributed by atoms with Crippen LogP contribution in [-0.2, 0) is 0 Å². The molecule has 2 N–H and O–H groups in total. The molecule has 13 heteroatoms. The fourth-order valence-electron chi connectivity index (χ4n) is 7.09. The number of aromatic hydroxyl groups is 2. The standard InChI is InChI=1S/C11H16O.C10H14O2.C9H12O2.C9H12S2.C8H10O.C8H10S.C7H8O2.C7H8S2/c1-9-7-5-6-8-10(9)12-11(2,3)4;1-7-5-9(11-3)8(2)10(6-7)12-4;2*1-7-8(10-2)5-4-6-9(7)11-3;2*1-7-5-3-4-6-8(7)9-2;2*1-5-6(8)3-2-4-7(5)9/h5-8H,1-4H3;5-6H,1-4H3;2*4-6H,1-3H3;2*3-6H,1-2H3;2*2-4,8-9H,1H3. The van der Waals surface area contributed by atoms with Crippen LogP contribution in [0.4, 0.5) is 0 Å². The number of hydrogen-bond donors (Lipinski definition) is 4. The number of ether oxygens (including phenoxy) is 6. The molecule has 8 rings (SSSR count). The van der Waals surface area contributed by atoms with Crippen LogP contribution in [0.25, 0.3) is 0 Å². The number of rotatable bonds is 9. The maximum absolute atomic E-state index is 8.94. The summed E-state index contributed by atoms with van der Waals surface area (Å²) in [5.41, 5.74) is 9.94. The van der Waals surface area contributed by atoms with Gasteiger partial charge in [0.15, 0.2) is 0 Å². The van der Waals surface area contributed by atoms with E-state index in [1.165, 1.54) is 49.1 Å². The van der Waals surface area contributed by atoms with Crippen molar-refractivity contribution in [1.82, 2.24) is 0 Å². The van der Waals surface area contributed by atoms with Crippen molar-refractivity contribution in [2.75, 3.05) is 54.3 Å². The highest BCUT2D eigenvalue weighted by Gasteiger charge is 2.12. The normalized spacial score (nSPS) is 9.83. The molecule has 0 unspecified atom stereocenters. The summed E-state index contributed by atoms with van der Waals surface area (Å²) in [6, 6.07) is 51.1. The topological polar surface area (TPSA) is 95.8 Å². The number of thiol groups is 2. The Morgan fingerprint density at radius 3 is 1.01 bits per heavy atom. The van der Waals surface area contributed by atoms with Crippen LogP contribution in [0, 0.1) is 62.3 Å². The number of phenolic OH excluding ortho intramolecular Hbond substituents is 2. The van der Waals surface area contributed by atoms with Crippen molar-refractivity contribution in [3.63, 3.8) is 0 Å². The lowest BCUT2D eigenvalue weighted by molar-refractivity contribution is 0.130. The second kappa shape index (κ2) is 40.2. The Kier molecular flexibility index (Phi) is 36.2. The molecule has 0 radical (unpaired) electrons. The Morgan fingerprint density at radius 2 is 0.671 bits per heavy atom. The molecule has 0 heterocycles. The van der Waals surface area contributed by atoms with Gasteiger partial charge >= 0.3 is 0 Å². The predicted octanol–water partition coefficient (Wildman–Crippen LogP) is 19.6. The van der Waals surface area contributed by atoms with Gasteiger partial charge in [-0.15, -0.1) is 60.5 Å². The van der Waals surface area contributed by atoms with Gasteiger partial charge in [-0.05, 0) is 214 Å². The highest BCUT2D eigenvalue weighted by molar-refractivity contribution is 7.99. The molecule has 0 saturated carbocycles. The fraction of sp³-hybridized carbons (Fsp3) is 0.304. The molecule has 0 saturated heterocycles. The average molecular weight is 1210 g/mol. The lowest BCUT2D eigenvalue weighted by Crippen LogP contribution is -2.23. The van der Waals surface area contributed by atoms with Crippen LogP contribution in [0.15, 0.2) is 182 Å². The van der Waals surface area contributed by atoms with E-state index in [1.54, 1.807) is 60.3 Å². The molecule has 0 aliphatic heterocycles. The number of phenols is 2. The monoisotopic (exact) mass is 1210 g/mol. The third-order valence-electron chi connectivity index (χ3n) is 11.9. The Labute approximate surface area is 516 Å². The van der Waals surface area contributed by atoms with Crippen LogP contribution < -0.4 is 28.4 Å². The van der Waals surface area contributed by atoms with Crippen LogP contribution in [0.2, 0.25) is 0 Å². The van der Waals surface area contributed by atoms with Gasteiger partial charge in [0, 0.05) is 41.2 Å². The van der Waals surface area contributed by atoms with Crippen LogP contribution in [-0.4, -0.2) is 70.1 Å². The molecule has 0 aliphatic carbocycles. The van der Waals surface area contributed by atoms with E-state index in [2.05, 4.69) is 134 Å². The van der Waals surface area contributed by atoms with Gasteiger partial charge in [-0.2, -0.15) is 0 Å². The molecule has 444 valence electrons. The van der Waals surface area contributed by atoms with Gasteiger partial charge in [0.05, 0.1) is 35.5 Å². The van der Waals surface area contributed by atoms with Crippen molar-refractivity contribution in [2.45, 2.75) is 113 Å². The smallest absolute Gasteiger partial charge is 0.125 e. The minimum Gasteiger partial charge on any atom is -0.508 e. The summed E-state index contributed by atoms with van der Waals surface area (Å²) >= 11 is 13.9. The first-order valence-electron chi connectivity index (χ1n) is 26.3. The number of aryl methyl sites for hydroxylation is 4. The van der Waals surface area contributed by atoms with Gasteiger partial charge in [-0.25, -0.2) is 0 Å². The molecule has 8 nitrogen and oxygen atoms in total. The van der Waals surface area contributed by atoms with Gasteiger partial charge in [-0.3, -0.25) is 0 Å². The number of para-hydroxylation sites is 2. The molecule has 0 aliphatic rings. The number of hydrogen-bond acceptors (Lipinski definition) is 13. The highest BCUT2D eigenvalue weighted by Crippen LogP contribution is 2.31. The van der Waals surface area contributed by atoms with E-state index in [4.69, 9.17) is 38.6 Å². The summed E-state index contributed by atoms with van der Waals surface area (Å²) in [7, 11) is 8.33. The molecule has 0 fully saturated rings. The van der Waals surface area contributed by atoms with Crippen molar-refractivity contribution in [3.8, 4) is 46.0 Å².